The van der Waals surface area contributed by atoms with Crippen LogP contribution in [0, 0.1) is 11.2 Å². The Morgan fingerprint density at radius 1 is 1.45 bits per heavy atom. The number of carbonyl (C=O) groups is 2. The second-order valence-corrected chi connectivity index (χ2v) is 4.81. The van der Waals surface area contributed by atoms with Crippen molar-refractivity contribution in [3.63, 3.8) is 0 Å². The molecule has 0 saturated carbocycles. The maximum absolute atomic E-state index is 13.8. The van der Waals surface area contributed by atoms with E-state index in [0.29, 0.717) is 0 Å². The molecule has 0 unspecified atom stereocenters. The van der Waals surface area contributed by atoms with Crippen LogP contribution in [0.1, 0.15) is 24.2 Å². The molecule has 0 radical (unpaired) electrons. The van der Waals surface area contributed by atoms with Crippen LogP contribution in [0.4, 0.5) is 10.2 Å². The zero-order valence-corrected chi connectivity index (χ0v) is 11.6. The third kappa shape index (κ3) is 3.41. The Kier molecular flexibility index (Phi) is 4.98. The first-order chi connectivity index (χ1) is 9.33. The van der Waals surface area contributed by atoms with Crippen LogP contribution in [0.2, 0.25) is 0 Å². The largest absolute Gasteiger partial charge is 0.359 e. The molecule has 0 aliphatic heterocycles. The number of rotatable bonds is 5. The number of nitrogens with two attached hydrogens (primary N) is 1. The van der Waals surface area contributed by atoms with Gasteiger partial charge in [0, 0.05) is 19.8 Å². The average Bonchev–Trinajstić information content (AvgIpc) is 2.44. The Hall–Kier alpha value is -2.22. The van der Waals surface area contributed by atoms with Crippen molar-refractivity contribution in [1.29, 1.82) is 0 Å². The van der Waals surface area contributed by atoms with Crippen LogP contribution in [-0.2, 0) is 4.79 Å². The first-order valence-corrected chi connectivity index (χ1v) is 5.95. The topological polar surface area (TPSA) is 109 Å². The van der Waals surface area contributed by atoms with Gasteiger partial charge in [-0.3, -0.25) is 9.59 Å². The van der Waals surface area contributed by atoms with Crippen molar-refractivity contribution in [3.05, 3.63) is 23.6 Å². The number of nitrogen functional groups attached to an aromatic ring is 1. The molecule has 0 aliphatic carbocycles. The number of hydrogen-bond acceptors (Lipinski definition) is 5. The maximum atomic E-state index is 13.8. The SMILES string of the molecule is CNC(=O)C(C)(C)CNC(=O)c1ccnc(NN)c1F. The Labute approximate surface area is 116 Å². The average molecular weight is 283 g/mol. The van der Waals surface area contributed by atoms with Gasteiger partial charge in [0.25, 0.3) is 5.91 Å². The molecule has 1 aromatic heterocycles. The minimum atomic E-state index is -0.842. The highest BCUT2D eigenvalue weighted by molar-refractivity contribution is 5.95. The molecule has 1 heterocycles. The van der Waals surface area contributed by atoms with E-state index >= 15 is 0 Å². The lowest BCUT2D eigenvalue weighted by Gasteiger charge is -2.22. The molecule has 20 heavy (non-hydrogen) atoms. The Bertz CT molecular complexity index is 519. The molecule has 8 heteroatoms. The number of pyridine rings is 1. The molecule has 1 rings (SSSR count). The summed E-state index contributed by atoms with van der Waals surface area (Å²) in [5.74, 6) is 3.16. The third-order valence-corrected chi connectivity index (χ3v) is 2.80. The highest BCUT2D eigenvalue weighted by Crippen LogP contribution is 2.16. The van der Waals surface area contributed by atoms with E-state index in [-0.39, 0.29) is 23.8 Å². The van der Waals surface area contributed by atoms with Crippen molar-refractivity contribution < 1.29 is 14.0 Å². The van der Waals surface area contributed by atoms with Crippen LogP contribution in [0.15, 0.2) is 12.3 Å². The highest BCUT2D eigenvalue weighted by atomic mass is 19.1. The normalized spacial score (nSPS) is 10.8. The fourth-order valence-corrected chi connectivity index (χ4v) is 1.53. The number of aromatic nitrogens is 1. The fourth-order valence-electron chi connectivity index (χ4n) is 1.53. The number of hydrazine groups is 1. The van der Waals surface area contributed by atoms with Crippen molar-refractivity contribution in [2.45, 2.75) is 13.8 Å². The van der Waals surface area contributed by atoms with Crippen LogP contribution in [0.25, 0.3) is 0 Å². The van der Waals surface area contributed by atoms with Crippen molar-refractivity contribution in [1.82, 2.24) is 15.6 Å². The lowest BCUT2D eigenvalue weighted by molar-refractivity contribution is -0.128. The van der Waals surface area contributed by atoms with Gasteiger partial charge in [0.1, 0.15) is 0 Å². The van der Waals surface area contributed by atoms with Gasteiger partial charge in [0.05, 0.1) is 11.0 Å². The first kappa shape index (κ1) is 15.8. The zero-order valence-electron chi connectivity index (χ0n) is 11.6. The number of halogens is 1. The number of amides is 2. The summed E-state index contributed by atoms with van der Waals surface area (Å²) in [7, 11) is 1.51. The van der Waals surface area contributed by atoms with E-state index in [4.69, 9.17) is 5.84 Å². The zero-order chi connectivity index (χ0) is 15.3. The van der Waals surface area contributed by atoms with Gasteiger partial charge in [-0.15, -0.1) is 0 Å². The third-order valence-electron chi connectivity index (χ3n) is 2.80. The predicted octanol–water partition coefficient (Wildman–Crippen LogP) is 0.00830. The van der Waals surface area contributed by atoms with Crippen molar-refractivity contribution in [2.24, 2.45) is 11.3 Å². The van der Waals surface area contributed by atoms with E-state index in [2.05, 4.69) is 21.0 Å². The maximum Gasteiger partial charge on any atom is 0.254 e. The number of nitrogens with one attached hydrogen (secondary N) is 3. The molecule has 5 N–H and O–H groups in total. The van der Waals surface area contributed by atoms with E-state index in [0.717, 1.165) is 0 Å². The molecule has 1 aromatic rings. The van der Waals surface area contributed by atoms with Gasteiger partial charge < -0.3 is 16.1 Å². The molecule has 0 aromatic carbocycles. The van der Waals surface area contributed by atoms with Crippen LogP contribution in [-0.4, -0.2) is 30.4 Å². The van der Waals surface area contributed by atoms with E-state index < -0.39 is 17.1 Å². The van der Waals surface area contributed by atoms with Gasteiger partial charge in [-0.25, -0.2) is 15.2 Å². The summed E-state index contributed by atoms with van der Waals surface area (Å²) in [5.41, 5.74) is 1.06. The minimum absolute atomic E-state index is 0.0681. The van der Waals surface area contributed by atoms with Crippen molar-refractivity contribution in [3.8, 4) is 0 Å². The quantitative estimate of drug-likeness (QED) is 0.449. The number of anilines is 1. The summed E-state index contributed by atoms with van der Waals surface area (Å²) >= 11 is 0. The molecular weight excluding hydrogens is 265 g/mol. The van der Waals surface area contributed by atoms with Crippen LogP contribution in [0.5, 0.6) is 0 Å². The molecule has 110 valence electrons. The minimum Gasteiger partial charge on any atom is -0.359 e. The van der Waals surface area contributed by atoms with Crippen LogP contribution >= 0.6 is 0 Å². The van der Waals surface area contributed by atoms with Gasteiger partial charge >= 0.3 is 0 Å². The van der Waals surface area contributed by atoms with Crippen molar-refractivity contribution in [2.75, 3.05) is 19.0 Å². The molecule has 0 fully saturated rings. The molecular formula is C12H18FN5O2. The van der Waals surface area contributed by atoms with Gasteiger partial charge in [-0.2, -0.15) is 0 Å². The van der Waals surface area contributed by atoms with Crippen LogP contribution in [0.3, 0.4) is 0 Å². The summed E-state index contributed by atoms with van der Waals surface area (Å²) in [6, 6.07) is 1.23. The van der Waals surface area contributed by atoms with E-state index in [1.807, 2.05) is 0 Å². The number of hydrogen-bond donors (Lipinski definition) is 4. The highest BCUT2D eigenvalue weighted by Gasteiger charge is 2.27. The second-order valence-electron chi connectivity index (χ2n) is 4.81. The molecule has 0 bridgehead atoms. The first-order valence-electron chi connectivity index (χ1n) is 5.95. The van der Waals surface area contributed by atoms with Crippen LogP contribution < -0.4 is 21.9 Å². The summed E-state index contributed by atoms with van der Waals surface area (Å²) in [5, 5.41) is 5.01. The van der Waals surface area contributed by atoms with Gasteiger partial charge in [-0.05, 0) is 19.9 Å². The Morgan fingerprint density at radius 2 is 2.10 bits per heavy atom. The molecule has 0 aliphatic rings. The number of nitrogens with zero attached hydrogens (tertiary/aromatic N) is 1. The van der Waals surface area contributed by atoms with E-state index in [1.165, 1.54) is 19.3 Å². The lowest BCUT2D eigenvalue weighted by Crippen LogP contribution is -2.43. The smallest absolute Gasteiger partial charge is 0.254 e. The molecule has 2 amide bonds. The second kappa shape index (κ2) is 6.29. The van der Waals surface area contributed by atoms with Gasteiger partial charge in [0.2, 0.25) is 5.91 Å². The summed E-state index contributed by atoms with van der Waals surface area (Å²) < 4.78 is 13.8. The fraction of sp³-hybridized carbons (Fsp3) is 0.417. The molecule has 0 spiro atoms. The summed E-state index contributed by atoms with van der Waals surface area (Å²) in [4.78, 5) is 27.1. The van der Waals surface area contributed by atoms with Gasteiger partial charge in [-0.1, -0.05) is 0 Å². The molecule has 7 nitrogen and oxygen atoms in total. The van der Waals surface area contributed by atoms with Crippen molar-refractivity contribution >= 4 is 17.6 Å². The summed E-state index contributed by atoms with van der Waals surface area (Å²) in [6.07, 6.45) is 1.26. The monoisotopic (exact) mass is 283 g/mol. The standard InChI is InChI=1S/C12H18FN5O2/c1-12(2,11(20)15-3)6-17-10(19)7-4-5-16-9(18-14)8(7)13/h4-5H,6,14H2,1-3H3,(H,15,20)(H,16,18)(H,17,19). The lowest BCUT2D eigenvalue weighted by atomic mass is 9.92. The summed E-state index contributed by atoms with van der Waals surface area (Å²) in [6.45, 7) is 3.41. The van der Waals surface area contributed by atoms with Gasteiger partial charge in [0.15, 0.2) is 11.6 Å². The molecule has 0 atom stereocenters. The van der Waals surface area contributed by atoms with E-state index in [9.17, 15) is 14.0 Å². The predicted molar refractivity (Wildman–Crippen MR) is 72.2 cm³/mol. The Balaban J connectivity index is 2.80. The molecule has 0 saturated heterocycles. The Morgan fingerprint density at radius 3 is 2.65 bits per heavy atom. The number of carbonyl (C=O) groups excluding carboxylic acids is 2. The van der Waals surface area contributed by atoms with E-state index in [1.54, 1.807) is 13.8 Å².